The molecule has 20 heavy (non-hydrogen) atoms. The summed E-state index contributed by atoms with van der Waals surface area (Å²) in [4.78, 5) is 23.4. The summed E-state index contributed by atoms with van der Waals surface area (Å²) in [6, 6.07) is 5.49. The van der Waals surface area contributed by atoms with E-state index in [1.165, 1.54) is 19.2 Å². The molecule has 1 aromatic rings. The predicted molar refractivity (Wildman–Crippen MR) is 73.7 cm³/mol. The predicted octanol–water partition coefficient (Wildman–Crippen LogP) is 2.17. The average molecular weight is 281 g/mol. The maximum atomic E-state index is 12.9. The molecule has 0 aliphatic carbocycles. The fourth-order valence-corrected chi connectivity index (χ4v) is 1.79. The fraction of sp³-hybridized carbons (Fsp3) is 0.467. The quantitative estimate of drug-likeness (QED) is 0.842. The Bertz CT molecular complexity index is 482. The molecule has 0 radical (unpaired) electrons. The first-order chi connectivity index (χ1) is 9.27. The molecule has 0 heterocycles. The summed E-state index contributed by atoms with van der Waals surface area (Å²) < 4.78 is 17.5. The van der Waals surface area contributed by atoms with Gasteiger partial charge in [0.15, 0.2) is 0 Å². The number of benzene rings is 1. The van der Waals surface area contributed by atoms with Crippen LogP contribution in [-0.2, 0) is 19.7 Å². The molecular formula is C15H20FNO3. The van der Waals surface area contributed by atoms with E-state index < -0.39 is 5.41 Å². The van der Waals surface area contributed by atoms with Gasteiger partial charge in [-0.1, -0.05) is 12.1 Å². The van der Waals surface area contributed by atoms with Crippen LogP contribution < -0.4 is 5.32 Å². The Morgan fingerprint density at radius 2 is 1.85 bits per heavy atom. The minimum atomic E-state index is -0.807. The number of nitrogens with one attached hydrogen (secondary N) is 1. The van der Waals surface area contributed by atoms with Gasteiger partial charge in [-0.05, 0) is 38.5 Å². The van der Waals surface area contributed by atoms with Crippen molar-refractivity contribution in [3.05, 3.63) is 35.6 Å². The lowest BCUT2D eigenvalue weighted by molar-refractivity contribution is -0.141. The summed E-state index contributed by atoms with van der Waals surface area (Å²) in [6.45, 7) is 5.23. The standard InChI is InChI=1S/C15H20FNO3/c1-10(9-13(18)20-4)17-14(19)15(2,3)11-5-7-12(16)8-6-11/h5-8,10H,9H2,1-4H3,(H,17,19)/t10-/m1/s1. The lowest BCUT2D eigenvalue weighted by Gasteiger charge is -2.26. The second-order valence-electron chi connectivity index (χ2n) is 5.29. The van der Waals surface area contributed by atoms with Crippen LogP contribution in [-0.4, -0.2) is 25.0 Å². The molecule has 0 saturated heterocycles. The van der Waals surface area contributed by atoms with Crippen LogP contribution in [0.25, 0.3) is 0 Å². The summed E-state index contributed by atoms with van der Waals surface area (Å²) in [5.41, 5.74) is -0.0976. The Morgan fingerprint density at radius 1 is 1.30 bits per heavy atom. The van der Waals surface area contributed by atoms with Gasteiger partial charge in [-0.15, -0.1) is 0 Å². The van der Waals surface area contributed by atoms with Crippen molar-refractivity contribution in [2.45, 2.75) is 38.6 Å². The first-order valence-electron chi connectivity index (χ1n) is 6.41. The third-order valence-corrected chi connectivity index (χ3v) is 3.21. The van der Waals surface area contributed by atoms with Crippen molar-refractivity contribution in [2.24, 2.45) is 0 Å². The van der Waals surface area contributed by atoms with Gasteiger partial charge in [-0.25, -0.2) is 4.39 Å². The van der Waals surface area contributed by atoms with Crippen molar-refractivity contribution in [1.82, 2.24) is 5.32 Å². The Kier molecular flexibility index (Phi) is 5.25. The lowest BCUT2D eigenvalue weighted by atomic mass is 9.83. The minimum absolute atomic E-state index is 0.113. The Morgan fingerprint density at radius 3 is 2.35 bits per heavy atom. The smallest absolute Gasteiger partial charge is 0.307 e. The van der Waals surface area contributed by atoms with Gasteiger partial charge in [-0.3, -0.25) is 9.59 Å². The molecule has 1 aromatic carbocycles. The number of hydrogen-bond acceptors (Lipinski definition) is 3. The molecule has 0 saturated carbocycles. The summed E-state index contributed by atoms with van der Waals surface area (Å²) in [5.74, 6) is -0.943. The van der Waals surface area contributed by atoms with Crippen LogP contribution in [0.5, 0.6) is 0 Å². The number of halogens is 1. The van der Waals surface area contributed by atoms with Crippen molar-refractivity contribution in [2.75, 3.05) is 7.11 Å². The first kappa shape index (κ1) is 16.1. The minimum Gasteiger partial charge on any atom is -0.469 e. The van der Waals surface area contributed by atoms with Crippen LogP contribution in [0, 0.1) is 5.82 Å². The summed E-state index contributed by atoms with van der Waals surface area (Å²) in [5, 5.41) is 2.76. The number of amides is 1. The highest BCUT2D eigenvalue weighted by atomic mass is 19.1. The average Bonchev–Trinajstić information content (AvgIpc) is 2.38. The van der Waals surface area contributed by atoms with Crippen molar-refractivity contribution in [3.8, 4) is 0 Å². The Labute approximate surface area is 118 Å². The second-order valence-corrected chi connectivity index (χ2v) is 5.29. The highest BCUT2D eigenvalue weighted by molar-refractivity contribution is 5.87. The molecule has 0 fully saturated rings. The van der Waals surface area contributed by atoms with Gasteiger partial charge in [0.05, 0.1) is 18.9 Å². The van der Waals surface area contributed by atoms with Crippen LogP contribution in [0.4, 0.5) is 4.39 Å². The van der Waals surface area contributed by atoms with Crippen LogP contribution >= 0.6 is 0 Å². The van der Waals surface area contributed by atoms with Crippen LogP contribution in [0.3, 0.4) is 0 Å². The molecule has 0 unspecified atom stereocenters. The van der Waals surface area contributed by atoms with Crippen molar-refractivity contribution >= 4 is 11.9 Å². The Hall–Kier alpha value is -1.91. The van der Waals surface area contributed by atoms with E-state index in [0.29, 0.717) is 5.56 Å². The van der Waals surface area contributed by atoms with Gasteiger partial charge in [0.25, 0.3) is 0 Å². The number of rotatable bonds is 5. The number of methoxy groups -OCH3 is 1. The van der Waals surface area contributed by atoms with E-state index in [2.05, 4.69) is 10.1 Å². The van der Waals surface area contributed by atoms with E-state index >= 15 is 0 Å². The molecule has 0 bridgehead atoms. The molecule has 1 amide bonds. The van der Waals surface area contributed by atoms with E-state index in [1.54, 1.807) is 32.9 Å². The molecule has 110 valence electrons. The maximum absolute atomic E-state index is 12.9. The summed E-state index contributed by atoms with van der Waals surface area (Å²) in [7, 11) is 1.30. The van der Waals surface area contributed by atoms with Gasteiger partial charge in [-0.2, -0.15) is 0 Å². The van der Waals surface area contributed by atoms with Crippen molar-refractivity contribution in [1.29, 1.82) is 0 Å². The highest BCUT2D eigenvalue weighted by Crippen LogP contribution is 2.23. The third kappa shape index (κ3) is 4.05. The molecular weight excluding hydrogens is 261 g/mol. The zero-order chi connectivity index (χ0) is 15.3. The Balaban J connectivity index is 2.74. The highest BCUT2D eigenvalue weighted by Gasteiger charge is 2.30. The van der Waals surface area contributed by atoms with Gasteiger partial charge < -0.3 is 10.1 Å². The molecule has 0 aromatic heterocycles. The van der Waals surface area contributed by atoms with Gasteiger partial charge in [0, 0.05) is 6.04 Å². The van der Waals surface area contributed by atoms with E-state index in [1.807, 2.05) is 0 Å². The van der Waals surface area contributed by atoms with Gasteiger partial charge >= 0.3 is 5.97 Å². The number of hydrogen-bond donors (Lipinski definition) is 1. The zero-order valence-electron chi connectivity index (χ0n) is 12.2. The monoisotopic (exact) mass is 281 g/mol. The topological polar surface area (TPSA) is 55.4 Å². The molecule has 4 nitrogen and oxygen atoms in total. The van der Waals surface area contributed by atoms with Gasteiger partial charge in [0.1, 0.15) is 5.82 Å². The SMILES string of the molecule is COC(=O)C[C@@H](C)NC(=O)C(C)(C)c1ccc(F)cc1. The number of carbonyl (C=O) groups is 2. The van der Waals surface area contributed by atoms with Gasteiger partial charge in [0.2, 0.25) is 5.91 Å². The van der Waals surface area contributed by atoms with E-state index in [0.717, 1.165) is 0 Å². The first-order valence-corrected chi connectivity index (χ1v) is 6.41. The molecule has 1 N–H and O–H groups in total. The second kappa shape index (κ2) is 6.50. The molecule has 0 aliphatic rings. The molecule has 0 spiro atoms. The molecule has 1 atom stereocenters. The lowest BCUT2D eigenvalue weighted by Crippen LogP contribution is -2.44. The molecule has 0 aliphatic heterocycles. The van der Waals surface area contributed by atoms with E-state index in [4.69, 9.17) is 0 Å². The van der Waals surface area contributed by atoms with Crippen LogP contribution in [0.1, 0.15) is 32.8 Å². The zero-order valence-corrected chi connectivity index (χ0v) is 12.2. The van der Waals surface area contributed by atoms with E-state index in [9.17, 15) is 14.0 Å². The van der Waals surface area contributed by atoms with Crippen molar-refractivity contribution in [3.63, 3.8) is 0 Å². The summed E-state index contributed by atoms with van der Waals surface area (Å²) >= 11 is 0. The van der Waals surface area contributed by atoms with Crippen LogP contribution in [0.15, 0.2) is 24.3 Å². The third-order valence-electron chi connectivity index (χ3n) is 3.21. The normalized spacial score (nSPS) is 12.7. The maximum Gasteiger partial charge on any atom is 0.307 e. The fourth-order valence-electron chi connectivity index (χ4n) is 1.79. The van der Waals surface area contributed by atoms with E-state index in [-0.39, 0.29) is 30.2 Å². The van der Waals surface area contributed by atoms with Crippen molar-refractivity contribution < 1.29 is 18.7 Å². The largest absolute Gasteiger partial charge is 0.469 e. The summed E-state index contributed by atoms with van der Waals surface area (Å²) in [6.07, 6.45) is 0.113. The number of carbonyl (C=O) groups excluding carboxylic acids is 2. The molecule has 1 rings (SSSR count). The molecule has 5 heteroatoms. The van der Waals surface area contributed by atoms with Crippen LogP contribution in [0.2, 0.25) is 0 Å². The number of ether oxygens (including phenoxy) is 1. The number of esters is 1.